The molecule has 4 rings (SSSR count). The van der Waals surface area contributed by atoms with Gasteiger partial charge in [0.2, 0.25) is 0 Å². The van der Waals surface area contributed by atoms with Gasteiger partial charge in [-0.1, -0.05) is 31.2 Å². The maximum absolute atomic E-state index is 11.2. The summed E-state index contributed by atoms with van der Waals surface area (Å²) >= 11 is 0. The SMILES string of the molecule is Cc1cc(N(C)C2Cc3ccccc3C2C)n2nc(C(=O)O)nc2n1. The van der Waals surface area contributed by atoms with Crippen LogP contribution in [0.4, 0.5) is 5.82 Å². The number of rotatable bonds is 3. The van der Waals surface area contributed by atoms with Gasteiger partial charge in [-0.25, -0.2) is 9.78 Å². The number of hydrogen-bond donors (Lipinski definition) is 1. The smallest absolute Gasteiger partial charge is 0.375 e. The van der Waals surface area contributed by atoms with Crippen LogP contribution in [-0.4, -0.2) is 43.7 Å². The van der Waals surface area contributed by atoms with E-state index in [2.05, 4.69) is 51.2 Å². The summed E-state index contributed by atoms with van der Waals surface area (Å²) < 4.78 is 1.52. The molecule has 1 aliphatic carbocycles. The van der Waals surface area contributed by atoms with E-state index in [1.54, 1.807) is 0 Å². The van der Waals surface area contributed by atoms with Crippen LogP contribution >= 0.6 is 0 Å². The van der Waals surface area contributed by atoms with Gasteiger partial charge in [-0.05, 0) is 24.5 Å². The normalized spacial score (nSPS) is 19.2. The molecular weight excluding hydrogens is 318 g/mol. The highest BCUT2D eigenvalue weighted by Crippen LogP contribution is 2.37. The Morgan fingerprint density at radius 2 is 2.08 bits per heavy atom. The Labute approximate surface area is 144 Å². The molecule has 0 bridgehead atoms. The Morgan fingerprint density at radius 3 is 2.80 bits per heavy atom. The zero-order valence-electron chi connectivity index (χ0n) is 14.3. The number of aromatic carboxylic acids is 1. The molecule has 1 aliphatic rings. The molecule has 25 heavy (non-hydrogen) atoms. The van der Waals surface area contributed by atoms with Gasteiger partial charge in [-0.15, -0.1) is 5.10 Å². The quantitative estimate of drug-likeness (QED) is 0.789. The third kappa shape index (κ3) is 2.43. The minimum atomic E-state index is -1.15. The zero-order chi connectivity index (χ0) is 17.7. The highest BCUT2D eigenvalue weighted by atomic mass is 16.4. The van der Waals surface area contributed by atoms with Gasteiger partial charge in [-0.3, -0.25) is 0 Å². The van der Waals surface area contributed by atoms with Gasteiger partial charge in [0.25, 0.3) is 11.6 Å². The predicted molar refractivity (Wildman–Crippen MR) is 93.2 cm³/mol. The molecule has 2 unspecified atom stereocenters. The predicted octanol–water partition coefficient (Wildman–Crippen LogP) is 2.30. The van der Waals surface area contributed by atoms with E-state index in [0.717, 1.165) is 17.9 Å². The van der Waals surface area contributed by atoms with E-state index in [9.17, 15) is 9.90 Å². The Hall–Kier alpha value is -2.96. The molecule has 128 valence electrons. The number of hydrogen-bond acceptors (Lipinski definition) is 5. The number of carboxylic acid groups (broad SMARTS) is 1. The Kier molecular flexibility index (Phi) is 3.45. The Balaban J connectivity index is 1.78. The van der Waals surface area contributed by atoms with Crippen molar-refractivity contribution in [1.82, 2.24) is 19.6 Å². The van der Waals surface area contributed by atoms with Crippen LogP contribution in [0.25, 0.3) is 5.78 Å². The monoisotopic (exact) mass is 337 g/mol. The van der Waals surface area contributed by atoms with Crippen LogP contribution in [0.3, 0.4) is 0 Å². The minimum Gasteiger partial charge on any atom is -0.475 e. The van der Waals surface area contributed by atoms with Gasteiger partial charge in [0.05, 0.1) is 0 Å². The van der Waals surface area contributed by atoms with Gasteiger partial charge < -0.3 is 10.0 Å². The van der Waals surface area contributed by atoms with Gasteiger partial charge in [0.15, 0.2) is 0 Å². The summed E-state index contributed by atoms with van der Waals surface area (Å²) in [6.07, 6.45) is 0.942. The van der Waals surface area contributed by atoms with E-state index in [0.29, 0.717) is 11.7 Å². The molecule has 0 radical (unpaired) electrons. The van der Waals surface area contributed by atoms with Crippen molar-refractivity contribution < 1.29 is 9.90 Å². The summed E-state index contributed by atoms with van der Waals surface area (Å²) in [6, 6.07) is 10.7. The van der Waals surface area contributed by atoms with Gasteiger partial charge >= 0.3 is 5.97 Å². The van der Waals surface area contributed by atoms with Crippen molar-refractivity contribution in [3.8, 4) is 0 Å². The van der Waals surface area contributed by atoms with Crippen molar-refractivity contribution >= 4 is 17.6 Å². The van der Waals surface area contributed by atoms with Crippen molar-refractivity contribution in [1.29, 1.82) is 0 Å². The lowest BCUT2D eigenvalue weighted by atomic mass is 10.00. The first-order chi connectivity index (χ1) is 12.0. The lowest BCUT2D eigenvalue weighted by Gasteiger charge is -2.30. The van der Waals surface area contributed by atoms with Crippen molar-refractivity contribution in [3.63, 3.8) is 0 Å². The van der Waals surface area contributed by atoms with E-state index < -0.39 is 5.97 Å². The Morgan fingerprint density at radius 1 is 1.32 bits per heavy atom. The molecule has 0 aliphatic heterocycles. The Bertz CT molecular complexity index is 981. The number of likely N-dealkylation sites (N-methyl/N-ethyl adjacent to an activating group) is 1. The fourth-order valence-electron chi connectivity index (χ4n) is 3.73. The number of benzene rings is 1. The van der Waals surface area contributed by atoms with Crippen LogP contribution in [0.2, 0.25) is 0 Å². The first-order valence-corrected chi connectivity index (χ1v) is 8.24. The molecule has 2 aromatic heterocycles. The van der Waals surface area contributed by atoms with Crippen molar-refractivity contribution in [2.75, 3.05) is 11.9 Å². The average molecular weight is 337 g/mol. The maximum Gasteiger partial charge on any atom is 0.375 e. The number of aryl methyl sites for hydroxylation is 1. The maximum atomic E-state index is 11.2. The fraction of sp³-hybridized carbons (Fsp3) is 0.333. The van der Waals surface area contributed by atoms with E-state index in [4.69, 9.17) is 0 Å². The van der Waals surface area contributed by atoms with Crippen LogP contribution in [0.5, 0.6) is 0 Å². The third-order valence-electron chi connectivity index (χ3n) is 5.02. The molecule has 0 amide bonds. The topological polar surface area (TPSA) is 83.6 Å². The van der Waals surface area contributed by atoms with Gasteiger partial charge in [0.1, 0.15) is 5.82 Å². The number of aromatic nitrogens is 4. The molecule has 0 saturated carbocycles. The largest absolute Gasteiger partial charge is 0.475 e. The summed E-state index contributed by atoms with van der Waals surface area (Å²) in [5.74, 6) is 0.0793. The summed E-state index contributed by atoms with van der Waals surface area (Å²) in [6.45, 7) is 4.10. The first kappa shape index (κ1) is 15.6. The lowest BCUT2D eigenvalue weighted by molar-refractivity contribution is 0.0684. The van der Waals surface area contributed by atoms with E-state index >= 15 is 0 Å². The summed E-state index contributed by atoms with van der Waals surface area (Å²) in [7, 11) is 2.02. The molecule has 7 nitrogen and oxygen atoms in total. The fourth-order valence-corrected chi connectivity index (χ4v) is 3.73. The number of carbonyl (C=O) groups is 1. The first-order valence-electron chi connectivity index (χ1n) is 8.24. The summed E-state index contributed by atoms with van der Waals surface area (Å²) in [4.78, 5) is 21.7. The molecule has 2 heterocycles. The third-order valence-corrected chi connectivity index (χ3v) is 5.02. The van der Waals surface area contributed by atoms with Crippen molar-refractivity contribution in [2.45, 2.75) is 32.2 Å². The standard InChI is InChI=1S/C18H19N5O2/c1-10-8-15(23-18(19-10)20-16(21-23)17(24)25)22(3)14-9-12-6-4-5-7-13(12)11(14)2/h4-8,11,14H,9H2,1-3H3,(H,24,25). The number of fused-ring (bicyclic) bond motifs is 2. The summed E-state index contributed by atoms with van der Waals surface area (Å²) in [5.41, 5.74) is 3.51. The second-order valence-corrected chi connectivity index (χ2v) is 6.58. The zero-order valence-corrected chi connectivity index (χ0v) is 14.3. The number of carboxylic acids is 1. The number of anilines is 1. The van der Waals surface area contributed by atoms with Gasteiger partial charge in [0, 0.05) is 30.8 Å². The second kappa shape index (κ2) is 5.54. The molecule has 1 N–H and O–H groups in total. The molecule has 3 aromatic rings. The minimum absolute atomic E-state index is 0.240. The molecule has 0 fully saturated rings. The average Bonchev–Trinajstić information content (AvgIpc) is 3.15. The van der Waals surface area contributed by atoms with Crippen LogP contribution in [0, 0.1) is 6.92 Å². The van der Waals surface area contributed by atoms with Crippen LogP contribution < -0.4 is 4.90 Å². The van der Waals surface area contributed by atoms with Crippen molar-refractivity contribution in [2.24, 2.45) is 0 Å². The van der Waals surface area contributed by atoms with Crippen molar-refractivity contribution in [3.05, 3.63) is 53.0 Å². The highest BCUT2D eigenvalue weighted by Gasteiger charge is 2.33. The molecule has 0 saturated heterocycles. The van der Waals surface area contributed by atoms with E-state index in [-0.39, 0.29) is 11.9 Å². The second-order valence-electron chi connectivity index (χ2n) is 6.58. The molecule has 2 atom stereocenters. The molecule has 7 heteroatoms. The van der Waals surface area contributed by atoms with E-state index in [1.807, 2.05) is 20.0 Å². The molecule has 0 spiro atoms. The summed E-state index contributed by atoms with van der Waals surface area (Å²) in [5, 5.41) is 13.3. The van der Waals surface area contributed by atoms with E-state index in [1.165, 1.54) is 15.6 Å². The highest BCUT2D eigenvalue weighted by molar-refractivity contribution is 5.83. The van der Waals surface area contributed by atoms with Gasteiger partial charge in [-0.2, -0.15) is 9.50 Å². The lowest BCUT2D eigenvalue weighted by Crippen LogP contribution is -2.35. The molecule has 1 aromatic carbocycles. The number of nitrogens with zero attached hydrogens (tertiary/aromatic N) is 5. The molecular formula is C18H19N5O2. The van der Waals surface area contributed by atoms with Crippen LogP contribution in [0.1, 0.15) is 40.3 Å². The van der Waals surface area contributed by atoms with Crippen LogP contribution in [0.15, 0.2) is 30.3 Å². The van der Waals surface area contributed by atoms with Crippen LogP contribution in [-0.2, 0) is 6.42 Å².